The number of benzene rings is 2. The second kappa shape index (κ2) is 9.66. The molecule has 0 radical (unpaired) electrons. The first-order valence-corrected chi connectivity index (χ1v) is 12.2. The molecule has 4 aromatic rings. The molecule has 2 aromatic carbocycles. The lowest BCUT2D eigenvalue weighted by Crippen LogP contribution is -2.10. The SMILES string of the molecule is CCc1ccc(OC(C)c2nnc(SCc3csc(-c4cccc(C)c4)n3)n2C)cc1. The molecule has 1 unspecified atom stereocenters. The average Bonchev–Trinajstić information content (AvgIpc) is 3.39. The monoisotopic (exact) mass is 450 g/mol. The van der Waals surface area contributed by atoms with Gasteiger partial charge < -0.3 is 9.30 Å². The third kappa shape index (κ3) is 5.17. The van der Waals surface area contributed by atoms with Crippen LogP contribution in [0.1, 0.15) is 42.6 Å². The first-order chi connectivity index (χ1) is 15.0. The smallest absolute Gasteiger partial charge is 0.191 e. The maximum Gasteiger partial charge on any atom is 0.191 e. The fourth-order valence-corrected chi connectivity index (χ4v) is 5.02. The summed E-state index contributed by atoms with van der Waals surface area (Å²) in [4.78, 5) is 4.79. The molecule has 5 nitrogen and oxygen atoms in total. The molecule has 0 spiro atoms. The van der Waals surface area contributed by atoms with Crippen molar-refractivity contribution in [3.8, 4) is 16.3 Å². The average molecular weight is 451 g/mol. The zero-order valence-corrected chi connectivity index (χ0v) is 19.8. The van der Waals surface area contributed by atoms with E-state index in [0.29, 0.717) is 0 Å². The van der Waals surface area contributed by atoms with Crippen molar-refractivity contribution in [1.82, 2.24) is 19.7 Å². The molecule has 2 heterocycles. The second-order valence-corrected chi connectivity index (χ2v) is 9.26. The van der Waals surface area contributed by atoms with Crippen molar-refractivity contribution in [3.05, 3.63) is 76.6 Å². The van der Waals surface area contributed by atoms with Gasteiger partial charge in [-0.25, -0.2) is 4.98 Å². The minimum Gasteiger partial charge on any atom is -0.483 e. The van der Waals surface area contributed by atoms with E-state index in [1.54, 1.807) is 23.1 Å². The fraction of sp³-hybridized carbons (Fsp3) is 0.292. The number of ether oxygens (including phenoxy) is 1. The number of thiazole rings is 1. The van der Waals surface area contributed by atoms with Gasteiger partial charge in [0.1, 0.15) is 10.8 Å². The number of thioether (sulfide) groups is 1. The van der Waals surface area contributed by atoms with E-state index in [9.17, 15) is 0 Å². The van der Waals surface area contributed by atoms with Crippen LogP contribution in [0.3, 0.4) is 0 Å². The van der Waals surface area contributed by atoms with E-state index in [0.717, 1.165) is 39.6 Å². The molecular weight excluding hydrogens is 424 g/mol. The minimum absolute atomic E-state index is 0.188. The number of nitrogens with zero attached hydrogens (tertiary/aromatic N) is 4. The molecule has 0 saturated carbocycles. The summed E-state index contributed by atoms with van der Waals surface area (Å²) in [5, 5.41) is 12.8. The Morgan fingerprint density at radius 2 is 1.94 bits per heavy atom. The summed E-state index contributed by atoms with van der Waals surface area (Å²) in [5.74, 6) is 2.40. The maximum atomic E-state index is 6.08. The Bertz CT molecular complexity index is 1150. The van der Waals surface area contributed by atoms with Crippen LogP contribution in [0.5, 0.6) is 5.75 Å². The van der Waals surface area contributed by atoms with Gasteiger partial charge in [-0.2, -0.15) is 0 Å². The molecule has 0 fully saturated rings. The van der Waals surface area contributed by atoms with Crippen LogP contribution in [0.15, 0.2) is 59.1 Å². The predicted molar refractivity (Wildman–Crippen MR) is 128 cm³/mol. The van der Waals surface area contributed by atoms with E-state index >= 15 is 0 Å². The lowest BCUT2D eigenvalue weighted by Gasteiger charge is -2.14. The van der Waals surface area contributed by atoms with Crippen molar-refractivity contribution < 1.29 is 4.74 Å². The van der Waals surface area contributed by atoms with Gasteiger partial charge >= 0.3 is 0 Å². The van der Waals surface area contributed by atoms with Crippen molar-refractivity contribution >= 4 is 23.1 Å². The Labute approximate surface area is 191 Å². The third-order valence-electron chi connectivity index (χ3n) is 5.04. The molecule has 7 heteroatoms. The van der Waals surface area contributed by atoms with Crippen molar-refractivity contribution in [2.45, 2.75) is 44.2 Å². The second-order valence-electron chi connectivity index (χ2n) is 7.46. The third-order valence-corrected chi connectivity index (χ3v) is 7.04. The molecular formula is C24H26N4OS2. The van der Waals surface area contributed by atoms with E-state index in [4.69, 9.17) is 9.72 Å². The molecule has 31 heavy (non-hydrogen) atoms. The van der Waals surface area contributed by atoms with Gasteiger partial charge in [0.25, 0.3) is 0 Å². The van der Waals surface area contributed by atoms with Gasteiger partial charge in [0.05, 0.1) is 5.69 Å². The van der Waals surface area contributed by atoms with Crippen molar-refractivity contribution in [1.29, 1.82) is 0 Å². The van der Waals surface area contributed by atoms with Gasteiger partial charge in [0.15, 0.2) is 17.1 Å². The quantitative estimate of drug-likeness (QED) is 0.297. The topological polar surface area (TPSA) is 52.8 Å². The molecule has 0 aliphatic carbocycles. The molecule has 4 rings (SSSR count). The van der Waals surface area contributed by atoms with Crippen molar-refractivity contribution in [2.75, 3.05) is 0 Å². The summed E-state index contributed by atoms with van der Waals surface area (Å²) in [6, 6.07) is 16.7. The lowest BCUT2D eigenvalue weighted by molar-refractivity contribution is 0.211. The number of aryl methyl sites for hydroxylation is 2. The largest absolute Gasteiger partial charge is 0.483 e. The summed E-state index contributed by atoms with van der Waals surface area (Å²) in [6.07, 6.45) is 0.831. The first-order valence-electron chi connectivity index (χ1n) is 10.3. The Balaban J connectivity index is 1.39. The summed E-state index contributed by atoms with van der Waals surface area (Å²) >= 11 is 3.32. The molecule has 0 saturated heterocycles. The molecule has 0 aliphatic rings. The molecule has 160 valence electrons. The van der Waals surface area contributed by atoms with Crippen LogP contribution in [0.4, 0.5) is 0 Å². The Morgan fingerprint density at radius 3 is 2.68 bits per heavy atom. The van der Waals surface area contributed by atoms with Crippen LogP contribution in [-0.2, 0) is 19.2 Å². The van der Waals surface area contributed by atoms with Gasteiger partial charge in [0.2, 0.25) is 0 Å². The Kier molecular flexibility index (Phi) is 6.73. The summed E-state index contributed by atoms with van der Waals surface area (Å²) < 4.78 is 8.08. The predicted octanol–water partition coefficient (Wildman–Crippen LogP) is 6.24. The molecule has 0 N–H and O–H groups in total. The van der Waals surface area contributed by atoms with Crippen LogP contribution in [0.2, 0.25) is 0 Å². The summed E-state index contributed by atoms with van der Waals surface area (Å²) in [5.41, 5.74) is 4.76. The highest BCUT2D eigenvalue weighted by atomic mass is 32.2. The lowest BCUT2D eigenvalue weighted by atomic mass is 10.1. The fourth-order valence-electron chi connectivity index (χ4n) is 3.29. The van der Waals surface area contributed by atoms with Crippen LogP contribution in [0, 0.1) is 6.92 Å². The maximum absolute atomic E-state index is 6.08. The van der Waals surface area contributed by atoms with Gasteiger partial charge in [-0.05, 0) is 44.0 Å². The number of hydrogen-bond acceptors (Lipinski definition) is 6. The van der Waals surface area contributed by atoms with E-state index < -0.39 is 0 Å². The van der Waals surface area contributed by atoms with E-state index in [-0.39, 0.29) is 6.10 Å². The first kappa shape index (κ1) is 21.6. The van der Waals surface area contributed by atoms with E-state index in [1.165, 1.54) is 16.7 Å². The molecule has 0 aliphatic heterocycles. The highest BCUT2D eigenvalue weighted by Crippen LogP contribution is 2.29. The van der Waals surface area contributed by atoms with Gasteiger partial charge in [-0.15, -0.1) is 21.5 Å². The van der Waals surface area contributed by atoms with Gasteiger partial charge in [0, 0.05) is 23.7 Å². The molecule has 0 amide bonds. The van der Waals surface area contributed by atoms with E-state index in [2.05, 4.69) is 65.8 Å². The van der Waals surface area contributed by atoms with E-state index in [1.807, 2.05) is 30.7 Å². The van der Waals surface area contributed by atoms with Gasteiger partial charge in [-0.1, -0.05) is 54.6 Å². The number of hydrogen-bond donors (Lipinski definition) is 0. The number of aromatic nitrogens is 4. The van der Waals surface area contributed by atoms with Gasteiger partial charge in [-0.3, -0.25) is 0 Å². The molecule has 1 atom stereocenters. The number of rotatable bonds is 8. The highest BCUT2D eigenvalue weighted by molar-refractivity contribution is 7.98. The van der Waals surface area contributed by atoms with Crippen LogP contribution in [-0.4, -0.2) is 19.7 Å². The highest BCUT2D eigenvalue weighted by Gasteiger charge is 2.18. The molecule has 2 aromatic heterocycles. The zero-order valence-electron chi connectivity index (χ0n) is 18.2. The van der Waals surface area contributed by atoms with Crippen molar-refractivity contribution in [2.24, 2.45) is 7.05 Å². The standard InChI is InChI=1S/C24H26N4OS2/c1-5-18-9-11-21(12-10-18)29-17(3)22-26-27-24(28(22)4)31-15-20-14-30-23(25-20)19-8-6-7-16(2)13-19/h6-14,17H,5,15H2,1-4H3. The van der Waals surface area contributed by atoms with Crippen molar-refractivity contribution in [3.63, 3.8) is 0 Å². The van der Waals surface area contributed by atoms with Crippen LogP contribution < -0.4 is 4.74 Å². The summed E-state index contributed by atoms with van der Waals surface area (Å²) in [7, 11) is 1.98. The normalized spacial score (nSPS) is 12.1. The Hall–Kier alpha value is -2.64. The zero-order chi connectivity index (χ0) is 21.8. The minimum atomic E-state index is -0.188. The Morgan fingerprint density at radius 1 is 1.13 bits per heavy atom. The van der Waals surface area contributed by atoms with Crippen LogP contribution in [0.25, 0.3) is 10.6 Å². The summed E-state index contributed by atoms with van der Waals surface area (Å²) in [6.45, 7) is 6.25. The molecule has 0 bridgehead atoms. The van der Waals surface area contributed by atoms with Crippen LogP contribution >= 0.6 is 23.1 Å².